The van der Waals surface area contributed by atoms with Crippen molar-refractivity contribution in [2.45, 2.75) is 118 Å². The molecule has 0 radical (unpaired) electrons. The summed E-state index contributed by atoms with van der Waals surface area (Å²) in [7, 11) is 0. The fourth-order valence-electron chi connectivity index (χ4n) is 5.53. The first-order valence-electron chi connectivity index (χ1n) is 14.8. The van der Waals surface area contributed by atoms with Crippen molar-refractivity contribution >= 4 is 11.4 Å². The molecular weight excluding hydrogens is 436 g/mol. The molecule has 36 heavy (non-hydrogen) atoms. The van der Waals surface area contributed by atoms with Gasteiger partial charge in [0, 0.05) is 22.3 Å². The molecule has 0 N–H and O–H groups in total. The Hall–Kier alpha value is -2.48. The summed E-state index contributed by atoms with van der Waals surface area (Å²) in [6.07, 6.45) is 16.5. The first-order valence-corrected chi connectivity index (χ1v) is 14.8. The van der Waals surface area contributed by atoms with Gasteiger partial charge in [0.1, 0.15) is 0 Å². The van der Waals surface area contributed by atoms with Gasteiger partial charge in [0.25, 0.3) is 0 Å². The van der Waals surface area contributed by atoms with Crippen LogP contribution in [-0.2, 0) is 12.8 Å². The van der Waals surface area contributed by atoms with Crippen molar-refractivity contribution in [3.05, 3.63) is 87.5 Å². The van der Waals surface area contributed by atoms with Crippen LogP contribution in [0.1, 0.15) is 127 Å². The molecule has 3 rings (SSSR count). The Kier molecular flexibility index (Phi) is 11.7. The summed E-state index contributed by atoms with van der Waals surface area (Å²) in [4.78, 5) is 0. The third-order valence-electron chi connectivity index (χ3n) is 7.53. The molecule has 0 atom stereocenters. The monoisotopic (exact) mass is 484 g/mol. The van der Waals surface area contributed by atoms with Gasteiger partial charge in [0.05, 0.1) is 0 Å². The van der Waals surface area contributed by atoms with Crippen LogP contribution in [0.2, 0.25) is 0 Å². The Morgan fingerprint density at radius 3 is 1.53 bits per heavy atom. The highest BCUT2D eigenvalue weighted by atomic mass is 15.2. The van der Waals surface area contributed by atoms with Gasteiger partial charge in [-0.05, 0) is 80.3 Å². The van der Waals surface area contributed by atoms with E-state index in [-0.39, 0.29) is 0 Å². The van der Waals surface area contributed by atoms with E-state index in [0.29, 0.717) is 0 Å². The summed E-state index contributed by atoms with van der Waals surface area (Å²) in [5, 5.41) is 0. The van der Waals surface area contributed by atoms with Gasteiger partial charge in [0.2, 0.25) is 11.4 Å². The predicted octanol–water partition coefficient (Wildman–Crippen LogP) is 10.7. The number of aryl methyl sites for hydroxylation is 2. The summed E-state index contributed by atoms with van der Waals surface area (Å²) in [6, 6.07) is 17.8. The summed E-state index contributed by atoms with van der Waals surface area (Å²) in [5.41, 5.74) is 21.4. The van der Waals surface area contributed by atoms with Gasteiger partial charge in [-0.3, -0.25) is 0 Å². The molecule has 0 fully saturated rings. The zero-order chi connectivity index (χ0) is 25.8. The maximum absolute atomic E-state index is 11.8. The summed E-state index contributed by atoms with van der Waals surface area (Å²) in [6.45, 7) is 9.02. The van der Waals surface area contributed by atoms with Crippen molar-refractivity contribution in [3.63, 3.8) is 0 Å². The summed E-state index contributed by atoms with van der Waals surface area (Å²) < 4.78 is 1.53. The molecule has 0 aromatic heterocycles. The van der Waals surface area contributed by atoms with Crippen LogP contribution in [0.25, 0.3) is 16.9 Å². The van der Waals surface area contributed by atoms with Gasteiger partial charge in [0.15, 0.2) is 0 Å². The number of unbranched alkanes of at least 4 members (excludes halogenated alkanes) is 7. The van der Waals surface area contributed by atoms with Gasteiger partial charge in [-0.15, -0.1) is 0 Å². The molecule has 0 amide bonds. The van der Waals surface area contributed by atoms with E-state index in [4.69, 9.17) is 0 Å². The molecular formula is C34H48N2. The molecule has 0 aliphatic carbocycles. The third kappa shape index (κ3) is 7.28. The largest absolute Gasteiger partial charge is 0.493 e. The van der Waals surface area contributed by atoms with E-state index < -0.39 is 0 Å². The van der Waals surface area contributed by atoms with Crippen LogP contribution in [0.5, 0.6) is 0 Å². The molecule has 194 valence electrons. The van der Waals surface area contributed by atoms with E-state index in [0.717, 1.165) is 48.2 Å². The Labute approximate surface area is 221 Å². The lowest BCUT2D eigenvalue weighted by molar-refractivity contribution is -0.345. The Bertz CT molecular complexity index is 1060. The van der Waals surface area contributed by atoms with E-state index in [1.165, 1.54) is 91.2 Å². The Morgan fingerprint density at radius 1 is 0.556 bits per heavy atom. The van der Waals surface area contributed by atoms with Crippen molar-refractivity contribution in [2.75, 3.05) is 0 Å². The zero-order valence-electron chi connectivity index (χ0n) is 23.4. The van der Waals surface area contributed by atoms with Crippen LogP contribution < -0.4 is 0 Å². The quantitative estimate of drug-likeness (QED) is 0.167. The van der Waals surface area contributed by atoms with Crippen LogP contribution in [0.15, 0.2) is 59.7 Å². The van der Waals surface area contributed by atoms with Crippen LogP contribution >= 0.6 is 0 Å². The van der Waals surface area contributed by atoms with Gasteiger partial charge >= 0.3 is 0 Å². The van der Waals surface area contributed by atoms with Crippen LogP contribution in [0.4, 0.5) is 0 Å². The smallest absolute Gasteiger partial charge is 0.211 e. The molecule has 0 unspecified atom stereocenters. The average Bonchev–Trinajstić information content (AvgIpc) is 3.18. The highest BCUT2D eigenvalue weighted by Gasteiger charge is 2.34. The van der Waals surface area contributed by atoms with Gasteiger partial charge < -0.3 is 5.53 Å². The molecule has 1 aliphatic rings. The van der Waals surface area contributed by atoms with Gasteiger partial charge in [-0.2, -0.15) is 0 Å². The third-order valence-corrected chi connectivity index (χ3v) is 7.53. The number of rotatable bonds is 16. The molecule has 1 heterocycles. The van der Waals surface area contributed by atoms with Crippen molar-refractivity contribution in [3.8, 4) is 0 Å². The van der Waals surface area contributed by atoms with E-state index in [1.54, 1.807) is 0 Å². The number of hydrogen-bond donors (Lipinski definition) is 0. The topological polar surface area (TPSA) is 25.3 Å². The molecule has 1 aliphatic heterocycles. The first kappa shape index (κ1) is 28.1. The highest BCUT2D eigenvalue weighted by Crippen LogP contribution is 2.44. The predicted molar refractivity (Wildman–Crippen MR) is 156 cm³/mol. The summed E-state index contributed by atoms with van der Waals surface area (Å²) in [5.74, 6) is 0. The molecule has 2 aromatic carbocycles. The molecule has 0 saturated heterocycles. The molecule has 2 nitrogen and oxygen atoms in total. The summed E-state index contributed by atoms with van der Waals surface area (Å²) >= 11 is 0. The van der Waals surface area contributed by atoms with Gasteiger partial charge in [-0.25, -0.2) is 4.70 Å². The van der Waals surface area contributed by atoms with Crippen molar-refractivity contribution in [1.82, 2.24) is 0 Å². The second-order valence-corrected chi connectivity index (χ2v) is 10.4. The van der Waals surface area contributed by atoms with Crippen molar-refractivity contribution < 1.29 is 4.70 Å². The lowest BCUT2D eigenvalue weighted by atomic mass is 9.92. The number of hydrogen-bond acceptors (Lipinski definition) is 0. The lowest BCUT2D eigenvalue weighted by Gasteiger charge is -2.12. The Balaban J connectivity index is 1.99. The normalized spacial score (nSPS) is 13.8. The number of nitrogens with zero attached hydrogens (tertiary/aromatic N) is 2. The molecule has 0 saturated carbocycles. The van der Waals surface area contributed by atoms with Crippen molar-refractivity contribution in [2.24, 2.45) is 0 Å². The van der Waals surface area contributed by atoms with Crippen molar-refractivity contribution in [1.29, 1.82) is 0 Å². The SMILES string of the molecule is CCCCCCC1=C(c2cccc(CCCCC)c2)[N+](=[N-])C(c2cccc(CCCCC)c2)=C1CC. The second kappa shape index (κ2) is 14.9. The molecule has 0 bridgehead atoms. The molecule has 2 heteroatoms. The minimum Gasteiger partial charge on any atom is -0.493 e. The maximum atomic E-state index is 11.8. The van der Waals surface area contributed by atoms with Gasteiger partial charge in [-0.1, -0.05) is 96.9 Å². The minimum absolute atomic E-state index is 0.926. The molecule has 0 spiro atoms. The van der Waals surface area contributed by atoms with E-state index >= 15 is 0 Å². The minimum atomic E-state index is 0.926. The standard InChI is InChI=1S/C34H48N2/c1-5-9-12-15-24-32-31(8-4)33(29-22-16-20-27(25-29)18-13-10-6-2)36(35)34(32)30-23-17-21-28(26-30)19-14-11-7-3/h16-17,20-23,25-26H,5-15,18-19,24H2,1-4H3. The van der Waals surface area contributed by atoms with E-state index in [2.05, 4.69) is 76.2 Å². The fraction of sp³-hybridized carbons (Fsp3) is 0.529. The van der Waals surface area contributed by atoms with E-state index in [1.807, 2.05) is 0 Å². The average molecular weight is 485 g/mol. The zero-order valence-corrected chi connectivity index (χ0v) is 23.4. The Morgan fingerprint density at radius 2 is 1.03 bits per heavy atom. The second-order valence-electron chi connectivity index (χ2n) is 10.4. The number of benzene rings is 2. The highest BCUT2D eigenvalue weighted by molar-refractivity contribution is 5.82. The fourth-order valence-corrected chi connectivity index (χ4v) is 5.53. The maximum Gasteiger partial charge on any atom is 0.211 e. The van der Waals surface area contributed by atoms with Crippen LogP contribution in [0.3, 0.4) is 0 Å². The van der Waals surface area contributed by atoms with Crippen LogP contribution in [-0.4, -0.2) is 4.70 Å². The van der Waals surface area contributed by atoms with Crippen LogP contribution in [0, 0.1) is 0 Å². The van der Waals surface area contributed by atoms with E-state index in [9.17, 15) is 5.53 Å². The first-order chi connectivity index (χ1) is 17.6. The number of allylic oxidation sites excluding steroid dienone is 2. The molecule has 2 aromatic rings. The lowest BCUT2D eigenvalue weighted by Crippen LogP contribution is -2.03.